The fourth-order valence-corrected chi connectivity index (χ4v) is 6.19. The Hall–Kier alpha value is -3.61. The summed E-state index contributed by atoms with van der Waals surface area (Å²) in [6, 6.07) is 13.3. The van der Waals surface area contributed by atoms with Gasteiger partial charge in [0, 0.05) is 20.9 Å². The predicted octanol–water partition coefficient (Wildman–Crippen LogP) is 5.47. The van der Waals surface area contributed by atoms with Gasteiger partial charge in [-0.2, -0.15) is 5.26 Å². The van der Waals surface area contributed by atoms with Crippen molar-refractivity contribution in [1.29, 1.82) is 5.26 Å². The molecule has 0 aliphatic carbocycles. The Kier molecular flexibility index (Phi) is 5.42. The van der Waals surface area contributed by atoms with Crippen molar-refractivity contribution in [2.24, 2.45) is 10.9 Å². The second-order valence-corrected chi connectivity index (χ2v) is 10.6. The first-order valence-electron chi connectivity index (χ1n) is 10.7. The van der Waals surface area contributed by atoms with Gasteiger partial charge in [-0.1, -0.05) is 24.3 Å². The van der Waals surface area contributed by atoms with Crippen molar-refractivity contribution in [1.82, 2.24) is 14.8 Å². The van der Waals surface area contributed by atoms with Gasteiger partial charge >= 0.3 is 5.97 Å². The number of thiophene rings is 2. The normalized spacial score (nSPS) is 15.6. The molecule has 2 atom stereocenters. The number of carboxylic acids is 1. The van der Waals surface area contributed by atoms with Crippen LogP contribution >= 0.6 is 22.7 Å². The van der Waals surface area contributed by atoms with Crippen LogP contribution in [0, 0.1) is 38.0 Å². The van der Waals surface area contributed by atoms with Crippen LogP contribution in [0.15, 0.2) is 41.4 Å². The molecule has 34 heavy (non-hydrogen) atoms. The first-order valence-corrected chi connectivity index (χ1v) is 12.4. The lowest BCUT2D eigenvalue weighted by Crippen LogP contribution is -2.21. The number of hydrogen-bond donors (Lipinski definition) is 1. The highest BCUT2D eigenvalue weighted by Crippen LogP contribution is 2.41. The van der Waals surface area contributed by atoms with Crippen LogP contribution in [0.4, 0.5) is 0 Å². The van der Waals surface area contributed by atoms with Crippen molar-refractivity contribution in [3.05, 3.63) is 74.5 Å². The Bertz CT molecular complexity index is 1500. The van der Waals surface area contributed by atoms with Crippen molar-refractivity contribution in [3.8, 4) is 21.5 Å². The molecule has 0 saturated carbocycles. The number of nitrogens with zero attached hydrogens (tertiary/aromatic N) is 5. The summed E-state index contributed by atoms with van der Waals surface area (Å²) in [6.45, 7) is 7.69. The second-order valence-electron chi connectivity index (χ2n) is 8.31. The Morgan fingerprint density at radius 3 is 2.44 bits per heavy atom. The Morgan fingerprint density at radius 2 is 1.79 bits per heavy atom. The average molecular weight is 488 g/mol. The summed E-state index contributed by atoms with van der Waals surface area (Å²) >= 11 is 3.10. The number of carbonyl (C=O) groups is 1. The zero-order valence-corrected chi connectivity index (χ0v) is 20.7. The lowest BCUT2D eigenvalue weighted by Gasteiger charge is -2.16. The molecular formula is C25H21N5O2S2. The first-order chi connectivity index (χ1) is 16.3. The third-order valence-corrected chi connectivity index (χ3v) is 8.44. The van der Waals surface area contributed by atoms with E-state index in [4.69, 9.17) is 10.3 Å². The van der Waals surface area contributed by atoms with Gasteiger partial charge < -0.3 is 5.11 Å². The third-order valence-electron chi connectivity index (χ3n) is 6.21. The topological polar surface area (TPSA) is 104 Å². The second kappa shape index (κ2) is 8.31. The highest BCUT2D eigenvalue weighted by atomic mass is 32.1. The summed E-state index contributed by atoms with van der Waals surface area (Å²) < 4.78 is 1.96. The SMILES string of the molecule is Cc1sc2c(c1C)C(c1ccc(-c3ccc(C#N)s3)cc1)=NC([C@H](C)C(=O)O)c1nnc(C)n1-2. The highest BCUT2D eigenvalue weighted by molar-refractivity contribution is 7.16. The van der Waals surface area contributed by atoms with Gasteiger partial charge in [0.2, 0.25) is 0 Å². The fourth-order valence-electron chi connectivity index (χ4n) is 4.16. The molecule has 1 unspecified atom stereocenters. The molecule has 0 saturated heterocycles. The molecule has 0 amide bonds. The van der Waals surface area contributed by atoms with Gasteiger partial charge in [0.05, 0.1) is 11.6 Å². The quantitative estimate of drug-likeness (QED) is 0.411. The number of aromatic nitrogens is 3. The summed E-state index contributed by atoms with van der Waals surface area (Å²) in [5.41, 5.74) is 4.79. The molecule has 0 radical (unpaired) electrons. The van der Waals surface area contributed by atoms with Gasteiger partial charge in [-0.3, -0.25) is 14.4 Å². The third kappa shape index (κ3) is 3.47. The zero-order valence-electron chi connectivity index (χ0n) is 19.0. The van der Waals surface area contributed by atoms with Crippen LogP contribution in [0.2, 0.25) is 0 Å². The molecule has 0 spiro atoms. The van der Waals surface area contributed by atoms with E-state index >= 15 is 0 Å². The maximum absolute atomic E-state index is 12.0. The van der Waals surface area contributed by atoms with Crippen LogP contribution in [0.25, 0.3) is 15.4 Å². The van der Waals surface area contributed by atoms with Crippen LogP contribution < -0.4 is 0 Å². The Morgan fingerprint density at radius 1 is 1.09 bits per heavy atom. The van der Waals surface area contributed by atoms with E-state index in [0.717, 1.165) is 37.8 Å². The van der Waals surface area contributed by atoms with E-state index in [-0.39, 0.29) is 0 Å². The minimum Gasteiger partial charge on any atom is -0.481 e. The predicted molar refractivity (Wildman–Crippen MR) is 133 cm³/mol. The van der Waals surface area contributed by atoms with Gasteiger partial charge in [-0.05, 0) is 51.0 Å². The zero-order chi connectivity index (χ0) is 24.1. The molecule has 1 N–H and O–H groups in total. The lowest BCUT2D eigenvalue weighted by atomic mass is 9.97. The summed E-state index contributed by atoms with van der Waals surface area (Å²) in [6.07, 6.45) is 0. The fraction of sp³-hybridized carbons (Fsp3) is 0.240. The lowest BCUT2D eigenvalue weighted by molar-refractivity contribution is -0.141. The summed E-state index contributed by atoms with van der Waals surface area (Å²) in [7, 11) is 0. The van der Waals surface area contributed by atoms with Crippen molar-refractivity contribution in [3.63, 3.8) is 0 Å². The number of rotatable bonds is 4. The highest BCUT2D eigenvalue weighted by Gasteiger charge is 2.36. The van der Waals surface area contributed by atoms with E-state index < -0.39 is 17.9 Å². The number of carboxylic acid groups (broad SMARTS) is 1. The van der Waals surface area contributed by atoms with Crippen molar-refractivity contribution in [2.45, 2.75) is 33.7 Å². The van der Waals surface area contributed by atoms with Gasteiger partial charge in [-0.25, -0.2) is 0 Å². The molecule has 4 heterocycles. The van der Waals surface area contributed by atoms with Crippen LogP contribution in [0.3, 0.4) is 0 Å². The number of hydrogen-bond acceptors (Lipinski definition) is 7. The number of benzene rings is 1. The van der Waals surface area contributed by atoms with Gasteiger partial charge in [0.1, 0.15) is 27.8 Å². The molecule has 1 aromatic carbocycles. The molecule has 5 rings (SSSR count). The number of aliphatic imine (C=N–C) groups is 1. The van der Waals surface area contributed by atoms with Crippen LogP contribution in [-0.4, -0.2) is 31.6 Å². The molecular weight excluding hydrogens is 466 g/mol. The number of fused-ring (bicyclic) bond motifs is 3. The number of aryl methyl sites for hydroxylation is 2. The molecule has 1 aliphatic rings. The molecule has 3 aromatic heterocycles. The largest absolute Gasteiger partial charge is 0.481 e. The van der Waals surface area contributed by atoms with Crippen LogP contribution in [0.5, 0.6) is 0 Å². The van der Waals surface area contributed by atoms with E-state index in [1.807, 2.05) is 47.9 Å². The molecule has 170 valence electrons. The average Bonchev–Trinajstić information content (AvgIpc) is 3.50. The van der Waals surface area contributed by atoms with Crippen molar-refractivity contribution >= 4 is 34.4 Å². The van der Waals surface area contributed by atoms with E-state index in [9.17, 15) is 9.90 Å². The summed E-state index contributed by atoms with van der Waals surface area (Å²) in [4.78, 5) is 19.9. The smallest absolute Gasteiger partial charge is 0.308 e. The van der Waals surface area contributed by atoms with Crippen molar-refractivity contribution in [2.75, 3.05) is 0 Å². The summed E-state index contributed by atoms with van der Waals surface area (Å²) in [5.74, 6) is -0.454. The molecule has 0 fully saturated rings. The van der Waals surface area contributed by atoms with Crippen LogP contribution in [-0.2, 0) is 4.79 Å². The molecule has 9 heteroatoms. The van der Waals surface area contributed by atoms with E-state index in [0.29, 0.717) is 16.5 Å². The van der Waals surface area contributed by atoms with Crippen molar-refractivity contribution < 1.29 is 9.90 Å². The molecule has 7 nitrogen and oxygen atoms in total. The van der Waals surface area contributed by atoms with E-state index in [1.54, 1.807) is 18.3 Å². The molecule has 4 aromatic rings. The van der Waals surface area contributed by atoms with E-state index in [1.165, 1.54) is 16.2 Å². The van der Waals surface area contributed by atoms with Crippen LogP contribution in [0.1, 0.15) is 51.1 Å². The van der Waals surface area contributed by atoms with Gasteiger partial charge in [0.25, 0.3) is 0 Å². The first kappa shape index (κ1) is 22.2. The minimum atomic E-state index is -0.931. The number of nitriles is 1. The van der Waals surface area contributed by atoms with Gasteiger partial charge in [0.15, 0.2) is 5.82 Å². The van der Waals surface area contributed by atoms with Gasteiger partial charge in [-0.15, -0.1) is 32.9 Å². The number of aliphatic carboxylic acids is 1. The molecule has 1 aliphatic heterocycles. The maximum Gasteiger partial charge on any atom is 0.308 e. The minimum absolute atomic E-state index is 0.545. The monoisotopic (exact) mass is 487 g/mol. The maximum atomic E-state index is 12.0. The Labute approximate surface area is 204 Å². The molecule has 0 bridgehead atoms. The van der Waals surface area contributed by atoms with E-state index in [2.05, 4.69) is 30.1 Å². The standard InChI is InChI=1S/C25H21N5O2S2/c1-12-14(3)33-24-20(12)22(17-7-5-16(6-8-17)19-10-9-18(11-26)34-19)27-21(13(2)25(31)32)23-29-28-15(4)30(23)24/h5-10,13,21H,1-4H3,(H,31,32)/t13-,21?/m0/s1. The summed E-state index contributed by atoms with van der Waals surface area (Å²) in [5, 5.41) is 28.5. The Balaban J connectivity index is 1.70.